The first-order valence-electron chi connectivity index (χ1n) is 8.74. The molecule has 1 N–H and O–H groups in total. The molecule has 0 saturated heterocycles. The number of ketones is 1. The molecule has 0 radical (unpaired) electrons. The number of carbonyl (C=O) groups is 2. The summed E-state index contributed by atoms with van der Waals surface area (Å²) in [4.78, 5) is 27.5. The van der Waals surface area contributed by atoms with Gasteiger partial charge in [-0.15, -0.1) is 0 Å². The summed E-state index contributed by atoms with van der Waals surface area (Å²) in [5, 5.41) is 11.6. The molecule has 25 heavy (non-hydrogen) atoms. The second-order valence-corrected chi connectivity index (χ2v) is 7.87. The lowest BCUT2D eigenvalue weighted by atomic mass is 9.79. The van der Waals surface area contributed by atoms with E-state index >= 15 is 0 Å². The Hall–Kier alpha value is -2.14. The maximum Gasteiger partial charge on any atom is 0.265 e. The Morgan fingerprint density at radius 3 is 2.60 bits per heavy atom. The van der Waals surface area contributed by atoms with Gasteiger partial charge >= 0.3 is 0 Å². The van der Waals surface area contributed by atoms with Crippen LogP contribution >= 0.6 is 0 Å². The van der Waals surface area contributed by atoms with Crippen molar-refractivity contribution in [3.8, 4) is 5.75 Å². The highest BCUT2D eigenvalue weighted by Crippen LogP contribution is 2.56. The Labute approximate surface area is 147 Å². The summed E-state index contributed by atoms with van der Waals surface area (Å²) in [6.07, 6.45) is 3.70. The molecule has 2 unspecified atom stereocenters. The van der Waals surface area contributed by atoms with E-state index in [0.717, 1.165) is 16.8 Å². The fourth-order valence-electron chi connectivity index (χ4n) is 4.76. The van der Waals surface area contributed by atoms with E-state index in [-0.39, 0.29) is 5.78 Å². The zero-order valence-electron chi connectivity index (χ0n) is 15.0. The molecule has 132 valence electrons. The van der Waals surface area contributed by atoms with Crippen LogP contribution in [0.5, 0.6) is 5.75 Å². The van der Waals surface area contributed by atoms with Crippen LogP contribution in [-0.4, -0.2) is 29.4 Å². The standard InChI is InChI=1S/C20H23NO4/c1-11-10-19(2,3)21-17-13(11)8-12(25-4)9-15(17)20(24,18(21)23)14-6-5-7-16(14)22/h8-10,14,24H,5-7H2,1-4H3. The Bertz CT molecular complexity index is 838. The van der Waals surface area contributed by atoms with Crippen LogP contribution in [0.15, 0.2) is 18.2 Å². The van der Waals surface area contributed by atoms with Gasteiger partial charge in [-0.05, 0) is 51.3 Å². The van der Waals surface area contributed by atoms with Crippen LogP contribution in [0.2, 0.25) is 0 Å². The molecule has 1 saturated carbocycles. The molecule has 1 aliphatic carbocycles. The molecule has 2 atom stereocenters. The molecule has 0 spiro atoms. The smallest absolute Gasteiger partial charge is 0.265 e. The highest BCUT2D eigenvalue weighted by molar-refractivity contribution is 6.14. The lowest BCUT2D eigenvalue weighted by molar-refractivity contribution is -0.148. The van der Waals surface area contributed by atoms with E-state index in [1.165, 1.54) is 0 Å². The largest absolute Gasteiger partial charge is 0.497 e. The predicted molar refractivity (Wildman–Crippen MR) is 94.5 cm³/mol. The number of Topliss-reactive ketones (excluding diaryl/α,β-unsaturated/α-hetero) is 1. The zero-order valence-corrected chi connectivity index (χ0v) is 15.0. The van der Waals surface area contributed by atoms with Crippen LogP contribution in [0.4, 0.5) is 5.69 Å². The molecule has 3 aliphatic rings. The number of benzene rings is 1. The fourth-order valence-corrected chi connectivity index (χ4v) is 4.76. The maximum atomic E-state index is 13.4. The van der Waals surface area contributed by atoms with Crippen LogP contribution in [0.1, 0.15) is 51.2 Å². The van der Waals surface area contributed by atoms with Gasteiger partial charge in [0.2, 0.25) is 0 Å². The van der Waals surface area contributed by atoms with Gasteiger partial charge in [0.25, 0.3) is 5.91 Å². The second-order valence-electron chi connectivity index (χ2n) is 7.87. The molecule has 5 nitrogen and oxygen atoms in total. The minimum absolute atomic E-state index is 0.0326. The van der Waals surface area contributed by atoms with E-state index < -0.39 is 23.0 Å². The molecule has 2 heterocycles. The van der Waals surface area contributed by atoms with Gasteiger partial charge in [-0.3, -0.25) is 14.5 Å². The zero-order chi connectivity index (χ0) is 18.1. The first kappa shape index (κ1) is 16.3. The number of aliphatic hydroxyl groups is 1. The molecule has 4 rings (SSSR count). The number of hydrogen-bond acceptors (Lipinski definition) is 4. The Morgan fingerprint density at radius 2 is 2.00 bits per heavy atom. The Balaban J connectivity index is 2.04. The number of nitrogens with zero attached hydrogens (tertiary/aromatic N) is 1. The third kappa shape index (κ3) is 1.93. The van der Waals surface area contributed by atoms with Crippen LogP contribution in [-0.2, 0) is 15.2 Å². The van der Waals surface area contributed by atoms with Gasteiger partial charge in [0.15, 0.2) is 5.60 Å². The van der Waals surface area contributed by atoms with Gasteiger partial charge in [0.05, 0.1) is 24.3 Å². The SMILES string of the molecule is COc1cc2c3c(c1)C(O)(C1CCCC1=O)C(=O)N3C(C)(C)C=C2C. The number of hydrogen-bond donors (Lipinski definition) is 1. The quantitative estimate of drug-likeness (QED) is 0.898. The number of allylic oxidation sites excluding steroid dienone is 1. The minimum Gasteiger partial charge on any atom is -0.497 e. The summed E-state index contributed by atoms with van der Waals surface area (Å²) in [6, 6.07) is 3.61. The van der Waals surface area contributed by atoms with E-state index in [2.05, 4.69) is 0 Å². The van der Waals surface area contributed by atoms with Crippen molar-refractivity contribution in [1.82, 2.24) is 0 Å². The van der Waals surface area contributed by atoms with Crippen LogP contribution in [0.25, 0.3) is 5.57 Å². The monoisotopic (exact) mass is 341 g/mol. The summed E-state index contributed by atoms with van der Waals surface area (Å²) in [5.74, 6) is -0.529. The number of ether oxygens (including phenoxy) is 1. The topological polar surface area (TPSA) is 66.8 Å². The number of rotatable bonds is 2. The van der Waals surface area contributed by atoms with Crippen molar-refractivity contribution < 1.29 is 19.4 Å². The highest BCUT2D eigenvalue weighted by atomic mass is 16.5. The lowest BCUT2D eigenvalue weighted by Gasteiger charge is -2.39. The van der Waals surface area contributed by atoms with Crippen molar-refractivity contribution in [1.29, 1.82) is 0 Å². The van der Waals surface area contributed by atoms with Gasteiger partial charge < -0.3 is 9.84 Å². The van der Waals surface area contributed by atoms with E-state index in [1.807, 2.05) is 32.9 Å². The van der Waals surface area contributed by atoms with Gasteiger partial charge in [-0.25, -0.2) is 0 Å². The number of amides is 1. The van der Waals surface area contributed by atoms with Crippen LogP contribution < -0.4 is 9.64 Å². The molecule has 0 aromatic heterocycles. The first-order valence-corrected chi connectivity index (χ1v) is 8.74. The third-order valence-electron chi connectivity index (χ3n) is 5.86. The molecule has 0 bridgehead atoms. The Morgan fingerprint density at radius 1 is 1.28 bits per heavy atom. The van der Waals surface area contributed by atoms with E-state index in [4.69, 9.17) is 4.74 Å². The predicted octanol–water partition coefficient (Wildman–Crippen LogP) is 2.79. The number of carbonyl (C=O) groups excluding carboxylic acids is 2. The molecule has 1 aromatic rings. The fraction of sp³-hybridized carbons (Fsp3) is 0.500. The summed E-state index contributed by atoms with van der Waals surface area (Å²) in [6.45, 7) is 5.90. The maximum absolute atomic E-state index is 13.4. The summed E-state index contributed by atoms with van der Waals surface area (Å²) in [5.41, 5.74) is 0.770. The van der Waals surface area contributed by atoms with Crippen LogP contribution in [0.3, 0.4) is 0 Å². The van der Waals surface area contributed by atoms with Crippen molar-refractivity contribution in [3.05, 3.63) is 29.3 Å². The van der Waals surface area contributed by atoms with Crippen molar-refractivity contribution in [3.63, 3.8) is 0 Å². The average Bonchev–Trinajstić information content (AvgIpc) is 3.07. The second kappa shape index (κ2) is 4.94. The van der Waals surface area contributed by atoms with Gasteiger partial charge in [0.1, 0.15) is 11.5 Å². The summed E-state index contributed by atoms with van der Waals surface area (Å²) in [7, 11) is 1.56. The Kier molecular flexibility index (Phi) is 3.23. The molecule has 5 heteroatoms. The third-order valence-corrected chi connectivity index (χ3v) is 5.86. The lowest BCUT2D eigenvalue weighted by Crippen LogP contribution is -2.53. The van der Waals surface area contributed by atoms with E-state index in [1.54, 1.807) is 18.1 Å². The summed E-state index contributed by atoms with van der Waals surface area (Å²) < 4.78 is 5.41. The number of anilines is 1. The van der Waals surface area contributed by atoms with Crippen molar-refractivity contribution in [2.45, 2.75) is 51.2 Å². The minimum atomic E-state index is -1.80. The molecule has 1 fully saturated rings. The normalized spacial score (nSPS) is 29.7. The number of methoxy groups -OCH3 is 1. The molecule has 2 aliphatic heterocycles. The molecule has 1 aromatic carbocycles. The van der Waals surface area contributed by atoms with Crippen LogP contribution in [0, 0.1) is 5.92 Å². The van der Waals surface area contributed by atoms with Crippen molar-refractivity contribution in [2.75, 3.05) is 12.0 Å². The molecule has 1 amide bonds. The van der Waals surface area contributed by atoms with Crippen molar-refractivity contribution in [2.24, 2.45) is 5.92 Å². The van der Waals surface area contributed by atoms with E-state index in [9.17, 15) is 14.7 Å². The van der Waals surface area contributed by atoms with Gasteiger partial charge in [-0.2, -0.15) is 0 Å². The molecular formula is C20H23NO4. The average molecular weight is 341 g/mol. The van der Waals surface area contributed by atoms with Gasteiger partial charge in [-0.1, -0.05) is 6.08 Å². The summed E-state index contributed by atoms with van der Waals surface area (Å²) >= 11 is 0. The van der Waals surface area contributed by atoms with Crippen molar-refractivity contribution >= 4 is 23.0 Å². The van der Waals surface area contributed by atoms with E-state index in [0.29, 0.717) is 30.6 Å². The molecular weight excluding hydrogens is 318 g/mol. The van der Waals surface area contributed by atoms with Gasteiger partial charge in [0, 0.05) is 17.5 Å². The first-order chi connectivity index (χ1) is 11.7. The highest BCUT2D eigenvalue weighted by Gasteiger charge is 2.61.